The van der Waals surface area contributed by atoms with Crippen molar-refractivity contribution in [1.82, 2.24) is 0 Å². The minimum absolute atomic E-state index is 0. The molecule has 0 aliphatic rings. The zero-order valence-corrected chi connectivity index (χ0v) is 17.2. The van der Waals surface area contributed by atoms with Gasteiger partial charge in [-0.3, -0.25) is 0 Å². The van der Waals surface area contributed by atoms with Crippen molar-refractivity contribution in [1.29, 1.82) is 0 Å². The summed E-state index contributed by atoms with van der Waals surface area (Å²) in [4.78, 5) is 94.2. The molecule has 19 heteroatoms. The summed E-state index contributed by atoms with van der Waals surface area (Å²) in [6.07, 6.45) is 0. The van der Waals surface area contributed by atoms with Crippen molar-refractivity contribution in [3.8, 4) is 0 Å². The minimum Gasteiger partial charge on any atom is -0.894 e. The predicted octanol–water partition coefficient (Wildman–Crippen LogP) is -12.8. The quantitative estimate of drug-likeness (QED) is 0.136. The van der Waals surface area contributed by atoms with E-state index in [2.05, 4.69) is 0 Å². The van der Waals surface area contributed by atoms with Crippen molar-refractivity contribution < 1.29 is 77.0 Å². The molecule has 0 aliphatic heterocycles. The van der Waals surface area contributed by atoms with Crippen LogP contribution in [0.25, 0.3) is 0 Å². The first-order valence-corrected chi connectivity index (χ1v) is 7.76. The third-order valence-electron chi connectivity index (χ3n) is 0. The largest absolute Gasteiger partial charge is 3.00 e. The second kappa shape index (κ2) is 18.0. The maximum atomic E-state index is 8.91. The van der Waals surface area contributed by atoms with Gasteiger partial charge in [-0.15, -0.1) is 0 Å². The standard InChI is InChI=1S/Al.H4O4Si.H3O4Si.O4Si.H3P.H4Si.Zn/c;3*1-5(2,3)4;;;/h;1-4H;1-3H;;1H3;1H4;/q+3;;-1;-4;;;+2. The normalized spacial score (nSPS) is 9.47. The van der Waals surface area contributed by atoms with Crippen LogP contribution in [0.4, 0.5) is 0 Å². The van der Waals surface area contributed by atoms with Crippen LogP contribution in [0.15, 0.2) is 0 Å². The van der Waals surface area contributed by atoms with E-state index in [0.29, 0.717) is 0 Å². The van der Waals surface area contributed by atoms with E-state index in [9.17, 15) is 0 Å². The van der Waals surface area contributed by atoms with Crippen molar-refractivity contribution in [2.45, 2.75) is 0 Å². The summed E-state index contributed by atoms with van der Waals surface area (Å²) in [7, 11) is -15.1. The maximum Gasteiger partial charge on any atom is 3.00 e. The van der Waals surface area contributed by atoms with Crippen molar-refractivity contribution in [2.24, 2.45) is 0 Å². The zero-order chi connectivity index (χ0) is 13.5. The summed E-state index contributed by atoms with van der Waals surface area (Å²) in [5, 5.41) is 0. The second-order valence-corrected chi connectivity index (χ2v) is 5.02. The van der Waals surface area contributed by atoms with Crippen molar-refractivity contribution in [3.63, 3.8) is 0 Å². The summed E-state index contributed by atoms with van der Waals surface area (Å²) in [6.45, 7) is 0. The molecule has 12 nitrogen and oxygen atoms in total. The predicted molar refractivity (Wildman–Crippen MR) is 61.0 cm³/mol. The fourth-order valence-electron chi connectivity index (χ4n) is 0. The third-order valence-corrected chi connectivity index (χ3v) is 0. The molecular weight excluding hydrogens is 428 g/mol. The zero-order valence-electron chi connectivity index (χ0n) is 8.66. The molecule has 1 unspecified atom stereocenters. The number of hydrogen-bond donors (Lipinski definition) is 7. The summed E-state index contributed by atoms with van der Waals surface area (Å²) in [5.74, 6) is 0. The number of hydrogen-bond acceptors (Lipinski definition) is 12. The van der Waals surface area contributed by atoms with E-state index in [-0.39, 0.29) is 57.7 Å². The van der Waals surface area contributed by atoms with Crippen LogP contribution in [-0.2, 0) is 19.5 Å². The fourth-order valence-corrected chi connectivity index (χ4v) is 0. The van der Waals surface area contributed by atoms with E-state index < -0.39 is 27.1 Å². The van der Waals surface area contributed by atoms with E-state index in [4.69, 9.17) is 57.5 Å². The van der Waals surface area contributed by atoms with E-state index in [1.165, 1.54) is 0 Å². The van der Waals surface area contributed by atoms with Gasteiger partial charge in [-0.25, -0.2) is 0 Å². The van der Waals surface area contributed by atoms with Crippen LogP contribution in [0, 0.1) is 0 Å². The van der Waals surface area contributed by atoms with Crippen LogP contribution < -0.4 is 24.0 Å². The summed E-state index contributed by atoms with van der Waals surface area (Å²) in [6, 6.07) is 0. The molecule has 0 radical (unpaired) electrons. The molecule has 112 valence electrons. The van der Waals surface area contributed by atoms with Gasteiger partial charge in [-0.05, 0) is 11.0 Å². The van der Waals surface area contributed by atoms with Gasteiger partial charge in [-0.1, -0.05) is 0 Å². The first-order valence-electron chi connectivity index (χ1n) is 2.59. The van der Waals surface area contributed by atoms with Gasteiger partial charge in [-0.2, -0.15) is 9.90 Å². The molecule has 0 bridgehead atoms. The molecule has 0 saturated carbocycles. The Morgan fingerprint density at radius 2 is 0.632 bits per heavy atom. The Kier molecular flexibility index (Phi) is 40.6. The van der Waals surface area contributed by atoms with Crippen LogP contribution in [0.3, 0.4) is 0 Å². The molecule has 0 aromatic carbocycles. The topological polar surface area (TPSA) is 257 Å². The van der Waals surface area contributed by atoms with E-state index in [1.807, 2.05) is 0 Å². The smallest absolute Gasteiger partial charge is 0.894 e. The molecular formula is H14AlO12PSi4Zn. The first-order chi connectivity index (χ1) is 6.00. The summed E-state index contributed by atoms with van der Waals surface area (Å²) >= 11 is 0. The first kappa shape index (κ1) is 42.9. The number of rotatable bonds is 0. The molecule has 0 amide bonds. The van der Waals surface area contributed by atoms with Crippen molar-refractivity contribution in [2.75, 3.05) is 0 Å². The monoisotopic (exact) mass is 440 g/mol. The van der Waals surface area contributed by atoms with Crippen LogP contribution in [-0.4, -0.2) is 89.0 Å². The molecule has 7 N–H and O–H groups in total. The maximum absolute atomic E-state index is 8.91. The molecule has 0 rings (SSSR count). The SMILES string of the molecule is O[Si](O)(O)O.P.[Al+3].[O-][Si](O)(O)O.[O-][Si]([O-])([O-])[O-].[SiH4].[Zn+2]. The second-order valence-electron chi connectivity index (χ2n) is 1.67. The molecule has 0 spiro atoms. The Labute approximate surface area is 142 Å². The Morgan fingerprint density at radius 1 is 0.632 bits per heavy atom. The molecule has 19 heavy (non-hydrogen) atoms. The molecule has 0 aromatic heterocycles. The van der Waals surface area contributed by atoms with Gasteiger partial charge < -0.3 is 66.6 Å². The Morgan fingerprint density at radius 3 is 0.632 bits per heavy atom. The Hall–Kier alpha value is 1.97. The molecule has 1 atom stereocenters. The molecule has 0 fully saturated rings. The van der Waals surface area contributed by atoms with Gasteiger partial charge in [0.15, 0.2) is 0 Å². The van der Waals surface area contributed by atoms with Crippen LogP contribution in [0.5, 0.6) is 0 Å². The van der Waals surface area contributed by atoms with Crippen molar-refractivity contribution >= 4 is 65.4 Å². The average Bonchev–Trinajstić information content (AvgIpc) is 1.41. The fraction of sp³-hybridized carbons (Fsp3) is 0. The van der Waals surface area contributed by atoms with Gasteiger partial charge in [0, 0.05) is 0 Å². The van der Waals surface area contributed by atoms with Crippen LogP contribution >= 0.6 is 9.90 Å². The summed E-state index contributed by atoms with van der Waals surface area (Å²) in [5.41, 5.74) is 0. The Balaban J connectivity index is -0.0000000206. The molecule has 0 aromatic rings. The molecule has 0 heterocycles. The van der Waals surface area contributed by atoms with Gasteiger partial charge in [0.05, 0.1) is 0 Å². The summed E-state index contributed by atoms with van der Waals surface area (Å²) < 4.78 is 0. The molecule has 0 aliphatic carbocycles. The van der Waals surface area contributed by atoms with Gasteiger partial charge in [0.1, 0.15) is 0 Å². The molecule has 0 saturated heterocycles. The van der Waals surface area contributed by atoms with Crippen LogP contribution in [0.2, 0.25) is 0 Å². The third kappa shape index (κ3) is 1660. The van der Waals surface area contributed by atoms with Crippen LogP contribution in [0.1, 0.15) is 0 Å². The van der Waals surface area contributed by atoms with Gasteiger partial charge in [0.2, 0.25) is 0 Å². The Bertz CT molecular complexity index is 105. The van der Waals surface area contributed by atoms with Crippen molar-refractivity contribution in [3.05, 3.63) is 0 Å². The van der Waals surface area contributed by atoms with E-state index in [0.717, 1.165) is 0 Å². The van der Waals surface area contributed by atoms with Gasteiger partial charge in [0.25, 0.3) is 0 Å². The minimum atomic E-state index is -5.61. The van der Waals surface area contributed by atoms with Gasteiger partial charge >= 0.3 is 54.9 Å². The average molecular weight is 442 g/mol. The van der Waals surface area contributed by atoms with E-state index in [1.54, 1.807) is 0 Å². The van der Waals surface area contributed by atoms with E-state index >= 15 is 0 Å².